The smallest absolute Gasteiger partial charge is 0.357 e. The van der Waals surface area contributed by atoms with Crippen molar-refractivity contribution in [2.45, 2.75) is 0 Å². The summed E-state index contributed by atoms with van der Waals surface area (Å²) in [5, 5.41) is 9.26. The fraction of sp³-hybridized carbons (Fsp3) is 0.278. The number of nitriles is 1. The Morgan fingerprint density at radius 1 is 1.27 bits per heavy atom. The zero-order valence-electron chi connectivity index (χ0n) is 14.3. The van der Waals surface area contributed by atoms with Crippen LogP contribution in [0.25, 0.3) is 5.69 Å². The molecule has 3 rings (SSSR count). The molecule has 0 radical (unpaired) electrons. The molecule has 1 aliphatic rings. The Balaban J connectivity index is 2.13. The Bertz CT molecular complexity index is 891. The zero-order chi connectivity index (χ0) is 18.7. The Labute approximate surface area is 150 Å². The van der Waals surface area contributed by atoms with Crippen molar-refractivity contribution in [3.63, 3.8) is 0 Å². The van der Waals surface area contributed by atoms with Gasteiger partial charge in [0.05, 0.1) is 42.8 Å². The fourth-order valence-corrected chi connectivity index (χ4v) is 2.91. The predicted octanol–water partition coefficient (Wildman–Crippen LogP) is 1.19. The third-order valence-electron chi connectivity index (χ3n) is 4.24. The van der Waals surface area contributed by atoms with Crippen molar-refractivity contribution in [1.82, 2.24) is 9.47 Å². The van der Waals surface area contributed by atoms with E-state index in [1.165, 1.54) is 17.9 Å². The van der Waals surface area contributed by atoms with Gasteiger partial charge in [0.15, 0.2) is 5.69 Å². The largest absolute Gasteiger partial charge is 0.464 e. The van der Waals surface area contributed by atoms with Gasteiger partial charge >= 0.3 is 5.97 Å². The Hall–Kier alpha value is -3.31. The highest BCUT2D eigenvalue weighted by molar-refractivity contribution is 6.00. The topological polar surface area (TPSA) is 111 Å². The molecule has 0 atom stereocenters. The molecule has 8 heteroatoms. The van der Waals surface area contributed by atoms with Crippen LogP contribution in [0.4, 0.5) is 5.69 Å². The number of ether oxygens (including phenoxy) is 2. The van der Waals surface area contributed by atoms with Gasteiger partial charge in [-0.3, -0.25) is 4.79 Å². The second-order valence-electron chi connectivity index (χ2n) is 5.70. The highest BCUT2D eigenvalue weighted by Gasteiger charge is 2.26. The average molecular weight is 354 g/mol. The zero-order valence-corrected chi connectivity index (χ0v) is 14.3. The lowest BCUT2D eigenvalue weighted by atomic mass is 10.1. The Kier molecular flexibility index (Phi) is 4.91. The first kappa shape index (κ1) is 17.5. The van der Waals surface area contributed by atoms with E-state index in [2.05, 4.69) is 0 Å². The number of aromatic nitrogens is 1. The van der Waals surface area contributed by atoms with Crippen LogP contribution in [-0.4, -0.2) is 54.8 Å². The quantitative estimate of drug-likeness (QED) is 0.829. The van der Waals surface area contributed by atoms with Gasteiger partial charge in [0.2, 0.25) is 0 Å². The van der Waals surface area contributed by atoms with Gasteiger partial charge in [0.25, 0.3) is 5.91 Å². The normalized spacial score (nSPS) is 13.9. The first-order chi connectivity index (χ1) is 12.6. The molecule has 2 aromatic rings. The van der Waals surface area contributed by atoms with E-state index in [-0.39, 0.29) is 22.9 Å². The number of anilines is 1. The summed E-state index contributed by atoms with van der Waals surface area (Å²) in [6, 6.07) is 8.81. The maximum Gasteiger partial charge on any atom is 0.357 e. The molecule has 1 amide bonds. The second-order valence-corrected chi connectivity index (χ2v) is 5.70. The van der Waals surface area contributed by atoms with Crippen molar-refractivity contribution in [2.75, 3.05) is 39.1 Å². The van der Waals surface area contributed by atoms with Gasteiger partial charge in [-0.1, -0.05) is 12.1 Å². The summed E-state index contributed by atoms with van der Waals surface area (Å²) >= 11 is 0. The van der Waals surface area contributed by atoms with Gasteiger partial charge in [-0.15, -0.1) is 0 Å². The van der Waals surface area contributed by atoms with E-state index in [9.17, 15) is 14.9 Å². The highest BCUT2D eigenvalue weighted by Crippen LogP contribution is 2.27. The minimum Gasteiger partial charge on any atom is -0.464 e. The van der Waals surface area contributed by atoms with Crippen LogP contribution in [0.15, 0.2) is 30.5 Å². The summed E-state index contributed by atoms with van der Waals surface area (Å²) in [4.78, 5) is 26.8. The van der Waals surface area contributed by atoms with Crippen molar-refractivity contribution < 1.29 is 19.1 Å². The van der Waals surface area contributed by atoms with E-state index >= 15 is 0 Å². The number of rotatable bonds is 3. The molecule has 0 spiro atoms. The molecule has 26 heavy (non-hydrogen) atoms. The van der Waals surface area contributed by atoms with Crippen molar-refractivity contribution in [1.29, 1.82) is 5.26 Å². The summed E-state index contributed by atoms with van der Waals surface area (Å²) < 4.78 is 11.5. The van der Waals surface area contributed by atoms with Crippen LogP contribution in [0.2, 0.25) is 0 Å². The lowest BCUT2D eigenvalue weighted by molar-refractivity contribution is 0.0302. The molecule has 1 aliphatic heterocycles. The lowest BCUT2D eigenvalue weighted by Gasteiger charge is -2.27. The van der Waals surface area contributed by atoms with E-state index in [0.29, 0.717) is 37.6 Å². The number of amides is 1. The fourth-order valence-electron chi connectivity index (χ4n) is 2.91. The Morgan fingerprint density at radius 2 is 1.96 bits per heavy atom. The van der Waals surface area contributed by atoms with E-state index in [4.69, 9.17) is 15.2 Å². The van der Waals surface area contributed by atoms with E-state index in [1.54, 1.807) is 29.2 Å². The maximum atomic E-state index is 13.0. The number of hydrogen-bond acceptors (Lipinski definition) is 6. The first-order valence-corrected chi connectivity index (χ1v) is 8.04. The third kappa shape index (κ3) is 3.00. The molecule has 2 N–H and O–H groups in total. The Morgan fingerprint density at radius 3 is 2.62 bits per heavy atom. The highest BCUT2D eigenvalue weighted by atomic mass is 16.5. The minimum absolute atomic E-state index is 0.0197. The number of esters is 1. The number of benzene rings is 1. The van der Waals surface area contributed by atoms with E-state index in [1.807, 2.05) is 6.07 Å². The van der Waals surface area contributed by atoms with Gasteiger partial charge in [0.1, 0.15) is 6.07 Å². The molecular formula is C18H18N4O4. The number of carbonyl (C=O) groups excluding carboxylic acids is 2. The molecule has 1 saturated heterocycles. The minimum atomic E-state index is -0.683. The number of morpholine rings is 1. The van der Waals surface area contributed by atoms with E-state index in [0.717, 1.165) is 0 Å². The van der Waals surface area contributed by atoms with Crippen LogP contribution in [0.5, 0.6) is 0 Å². The molecule has 0 bridgehead atoms. The standard InChI is InChI=1S/C18H18N4O4/c1-25-18(24)16-15(20)12(10-19)11-22(16)14-5-3-2-4-13(14)17(23)21-6-8-26-9-7-21/h2-5,11H,6-9,20H2,1H3. The number of carbonyl (C=O) groups is 2. The SMILES string of the molecule is COC(=O)c1c(N)c(C#N)cn1-c1ccccc1C(=O)N1CCOCC1. The number of methoxy groups -OCH3 is 1. The van der Waals surface area contributed by atoms with Crippen LogP contribution >= 0.6 is 0 Å². The second kappa shape index (κ2) is 7.29. The van der Waals surface area contributed by atoms with Crippen LogP contribution in [-0.2, 0) is 9.47 Å². The number of para-hydroxylation sites is 1. The van der Waals surface area contributed by atoms with Crippen molar-refractivity contribution >= 4 is 17.6 Å². The van der Waals surface area contributed by atoms with E-state index < -0.39 is 5.97 Å². The summed E-state index contributed by atoms with van der Waals surface area (Å²) in [5.74, 6) is -0.858. The van der Waals surface area contributed by atoms with Crippen molar-refractivity contribution in [3.8, 4) is 11.8 Å². The third-order valence-corrected chi connectivity index (χ3v) is 4.24. The van der Waals surface area contributed by atoms with Gasteiger partial charge in [-0.2, -0.15) is 5.26 Å². The summed E-state index contributed by atoms with van der Waals surface area (Å²) in [6.07, 6.45) is 1.44. The van der Waals surface area contributed by atoms with Crippen LogP contribution < -0.4 is 5.73 Å². The molecule has 1 fully saturated rings. The number of nitrogens with zero attached hydrogens (tertiary/aromatic N) is 3. The van der Waals surface area contributed by atoms with Crippen LogP contribution in [0.3, 0.4) is 0 Å². The summed E-state index contributed by atoms with van der Waals surface area (Å²) in [7, 11) is 1.23. The molecule has 1 aromatic carbocycles. The number of nitrogen functional groups attached to an aromatic ring is 1. The average Bonchev–Trinajstić information content (AvgIpc) is 3.03. The molecule has 8 nitrogen and oxygen atoms in total. The maximum absolute atomic E-state index is 13.0. The van der Waals surface area contributed by atoms with Gasteiger partial charge in [-0.25, -0.2) is 4.79 Å². The molecule has 2 heterocycles. The van der Waals surface area contributed by atoms with Crippen LogP contribution in [0.1, 0.15) is 26.4 Å². The van der Waals surface area contributed by atoms with Crippen molar-refractivity contribution in [2.24, 2.45) is 0 Å². The van der Waals surface area contributed by atoms with Gasteiger partial charge < -0.3 is 24.7 Å². The predicted molar refractivity (Wildman–Crippen MR) is 93.0 cm³/mol. The molecule has 0 unspecified atom stereocenters. The summed E-state index contributed by atoms with van der Waals surface area (Å²) in [5.41, 5.74) is 6.98. The molecule has 0 aliphatic carbocycles. The molecule has 134 valence electrons. The van der Waals surface area contributed by atoms with Crippen LogP contribution in [0, 0.1) is 11.3 Å². The monoisotopic (exact) mass is 354 g/mol. The molecule has 0 saturated carbocycles. The molecule has 1 aromatic heterocycles. The van der Waals surface area contributed by atoms with Gasteiger partial charge in [-0.05, 0) is 12.1 Å². The number of hydrogen-bond donors (Lipinski definition) is 1. The lowest BCUT2D eigenvalue weighted by Crippen LogP contribution is -2.41. The molecular weight excluding hydrogens is 336 g/mol. The van der Waals surface area contributed by atoms with Crippen molar-refractivity contribution in [3.05, 3.63) is 47.3 Å². The summed E-state index contributed by atoms with van der Waals surface area (Å²) in [6.45, 7) is 1.95. The number of nitrogens with two attached hydrogens (primary N) is 1. The van der Waals surface area contributed by atoms with Gasteiger partial charge in [0, 0.05) is 19.3 Å². The first-order valence-electron chi connectivity index (χ1n) is 8.04.